The Balaban J connectivity index is 1.20. The zero-order valence-corrected chi connectivity index (χ0v) is 24.1. The maximum Gasteiger partial charge on any atom is 0.345 e. The van der Waals surface area contributed by atoms with Crippen molar-refractivity contribution in [1.29, 1.82) is 0 Å². The molecule has 0 aromatic heterocycles. The van der Waals surface area contributed by atoms with Crippen LogP contribution in [-0.2, 0) is 11.2 Å². The van der Waals surface area contributed by atoms with Gasteiger partial charge in [-0.3, -0.25) is 4.79 Å². The van der Waals surface area contributed by atoms with E-state index in [0.29, 0.717) is 23.8 Å². The van der Waals surface area contributed by atoms with E-state index in [9.17, 15) is 9.59 Å². The molecule has 1 amide bonds. The van der Waals surface area contributed by atoms with Crippen LogP contribution < -0.4 is 19.7 Å². The molecule has 0 aliphatic heterocycles. The summed E-state index contributed by atoms with van der Waals surface area (Å²) < 4.78 is 11.2. The number of quaternary nitrogens is 1. The van der Waals surface area contributed by atoms with Crippen LogP contribution in [0.4, 0.5) is 5.69 Å². The van der Waals surface area contributed by atoms with Gasteiger partial charge < -0.3 is 19.7 Å². The Bertz CT molecular complexity index is 1200. The second-order valence-electron chi connectivity index (χ2n) is 9.68. The quantitative estimate of drug-likeness (QED) is 0.132. The first-order chi connectivity index (χ1) is 18.8. The van der Waals surface area contributed by atoms with Gasteiger partial charge in [0.1, 0.15) is 17.2 Å². The number of halogens is 2. The van der Waals surface area contributed by atoms with Crippen LogP contribution in [0.5, 0.6) is 11.5 Å². The Hall–Kier alpha value is -3.06. The van der Waals surface area contributed by atoms with Crippen LogP contribution in [-0.4, -0.2) is 39.1 Å². The Morgan fingerprint density at radius 2 is 1.44 bits per heavy atom. The number of rotatable bonds is 15. The van der Waals surface area contributed by atoms with Crippen LogP contribution in [0.3, 0.4) is 0 Å². The lowest BCUT2D eigenvalue weighted by Crippen LogP contribution is -3.00. The molecule has 0 radical (unpaired) electrons. The highest BCUT2D eigenvalue weighted by Gasteiger charge is 2.14. The maximum absolute atomic E-state index is 12.3. The number of carbonyl (C=O) groups is 2. The lowest BCUT2D eigenvalue weighted by atomic mass is 10.1. The van der Waals surface area contributed by atoms with Gasteiger partial charge in [0, 0.05) is 11.6 Å². The summed E-state index contributed by atoms with van der Waals surface area (Å²) in [5.74, 6) is 0.638. The zero-order chi connectivity index (χ0) is 28.0. The summed E-state index contributed by atoms with van der Waals surface area (Å²) in [5.41, 5.74) is 2.47. The van der Waals surface area contributed by atoms with E-state index in [1.54, 1.807) is 36.4 Å². The van der Waals surface area contributed by atoms with Gasteiger partial charge in [0.2, 0.25) is 5.91 Å². The van der Waals surface area contributed by atoms with Crippen LogP contribution >= 0.6 is 23.2 Å². The molecule has 0 saturated carbocycles. The van der Waals surface area contributed by atoms with Gasteiger partial charge in [-0.05, 0) is 73.0 Å². The van der Waals surface area contributed by atoms with E-state index in [1.807, 2.05) is 12.1 Å². The summed E-state index contributed by atoms with van der Waals surface area (Å²) in [6, 6.07) is 19.8. The van der Waals surface area contributed by atoms with Crippen molar-refractivity contribution in [3.63, 3.8) is 0 Å². The van der Waals surface area contributed by atoms with Crippen LogP contribution in [0, 0.1) is 0 Å². The minimum absolute atomic E-state index is 0.0776. The van der Waals surface area contributed by atoms with Gasteiger partial charge in [-0.2, -0.15) is 0 Å². The molecule has 8 heteroatoms. The number of esters is 1. The maximum atomic E-state index is 12.3. The summed E-state index contributed by atoms with van der Waals surface area (Å²) in [6.07, 6.45) is 6.85. The van der Waals surface area contributed by atoms with Gasteiger partial charge in [-0.1, -0.05) is 61.0 Å². The van der Waals surface area contributed by atoms with E-state index in [4.69, 9.17) is 32.7 Å². The van der Waals surface area contributed by atoms with Gasteiger partial charge >= 0.3 is 5.97 Å². The average molecular weight is 573 g/mol. The fraction of sp³-hybridized carbons (Fsp3) is 0.355. The molecule has 3 rings (SSSR count). The molecular formula is C31H37Cl2N2O4+. The Morgan fingerprint density at radius 3 is 2.13 bits per heavy atom. The number of ether oxygens (including phenoxy) is 2. The predicted molar refractivity (Wildman–Crippen MR) is 157 cm³/mol. The van der Waals surface area contributed by atoms with Gasteiger partial charge in [0.15, 0.2) is 0 Å². The fourth-order valence-corrected chi connectivity index (χ4v) is 4.34. The van der Waals surface area contributed by atoms with Crippen molar-refractivity contribution in [2.24, 2.45) is 0 Å². The molecule has 0 bridgehead atoms. The first kappa shape index (κ1) is 30.5. The van der Waals surface area contributed by atoms with E-state index < -0.39 is 5.97 Å². The molecule has 3 aromatic carbocycles. The SMILES string of the molecule is C[NH+](C)c1ccc(CC(=O)NCCCCCCCCOc2ccc(OC(=O)c3cc(Cl)ccc3Cl)cc2)cc1. The highest BCUT2D eigenvalue weighted by Crippen LogP contribution is 2.24. The molecule has 0 heterocycles. The third kappa shape index (κ3) is 10.9. The molecule has 0 saturated heterocycles. The molecule has 0 aliphatic carbocycles. The first-order valence-corrected chi connectivity index (χ1v) is 14.1. The minimum atomic E-state index is -0.565. The Morgan fingerprint density at radius 1 is 0.795 bits per heavy atom. The van der Waals surface area contributed by atoms with Crippen LogP contribution in [0.15, 0.2) is 66.7 Å². The second kappa shape index (κ2) is 16.1. The van der Waals surface area contributed by atoms with E-state index in [0.717, 1.165) is 56.4 Å². The topological polar surface area (TPSA) is 69.1 Å². The summed E-state index contributed by atoms with van der Waals surface area (Å²) >= 11 is 12.0. The van der Waals surface area contributed by atoms with Crippen molar-refractivity contribution < 1.29 is 24.0 Å². The van der Waals surface area contributed by atoms with Crippen molar-refractivity contribution in [2.45, 2.75) is 44.9 Å². The van der Waals surface area contributed by atoms with E-state index in [-0.39, 0.29) is 16.5 Å². The Labute approximate surface area is 241 Å². The molecule has 0 aliphatic rings. The number of unbranched alkanes of at least 4 members (excludes halogenated alkanes) is 5. The van der Waals surface area contributed by atoms with Crippen molar-refractivity contribution in [1.82, 2.24) is 5.32 Å². The lowest BCUT2D eigenvalue weighted by Gasteiger charge is -2.09. The van der Waals surface area contributed by atoms with Gasteiger partial charge in [0.25, 0.3) is 0 Å². The van der Waals surface area contributed by atoms with Gasteiger partial charge in [0.05, 0.1) is 37.7 Å². The second-order valence-corrected chi connectivity index (χ2v) is 10.5. The van der Waals surface area contributed by atoms with E-state index in [2.05, 4.69) is 31.5 Å². The van der Waals surface area contributed by atoms with Crippen LogP contribution in [0.2, 0.25) is 10.0 Å². The van der Waals surface area contributed by atoms with Crippen molar-refractivity contribution in [2.75, 3.05) is 27.2 Å². The third-order valence-electron chi connectivity index (χ3n) is 6.24. The molecular weight excluding hydrogens is 535 g/mol. The highest BCUT2D eigenvalue weighted by atomic mass is 35.5. The molecule has 2 N–H and O–H groups in total. The summed E-state index contributed by atoms with van der Waals surface area (Å²) in [4.78, 5) is 25.7. The van der Waals surface area contributed by atoms with Gasteiger partial charge in [-0.15, -0.1) is 0 Å². The largest absolute Gasteiger partial charge is 0.494 e. The smallest absolute Gasteiger partial charge is 0.345 e. The van der Waals surface area contributed by atoms with Gasteiger partial charge in [-0.25, -0.2) is 4.79 Å². The van der Waals surface area contributed by atoms with Crippen molar-refractivity contribution in [3.8, 4) is 11.5 Å². The molecule has 3 aromatic rings. The van der Waals surface area contributed by atoms with Crippen LogP contribution in [0.1, 0.15) is 54.4 Å². The normalized spacial score (nSPS) is 10.9. The number of benzene rings is 3. The summed E-state index contributed by atoms with van der Waals surface area (Å²) in [7, 11) is 4.17. The highest BCUT2D eigenvalue weighted by molar-refractivity contribution is 6.35. The van der Waals surface area contributed by atoms with E-state index in [1.165, 1.54) is 16.7 Å². The molecule has 208 valence electrons. The molecule has 0 unspecified atom stereocenters. The Kier molecular flexibility index (Phi) is 12.6. The van der Waals surface area contributed by atoms with Crippen molar-refractivity contribution >= 4 is 40.8 Å². The van der Waals surface area contributed by atoms with E-state index >= 15 is 0 Å². The molecule has 0 spiro atoms. The minimum Gasteiger partial charge on any atom is -0.494 e. The lowest BCUT2D eigenvalue weighted by molar-refractivity contribution is -0.786. The first-order valence-electron chi connectivity index (χ1n) is 13.4. The summed E-state index contributed by atoms with van der Waals surface area (Å²) in [6.45, 7) is 1.35. The number of nitrogens with one attached hydrogen (secondary N) is 2. The number of hydrogen-bond donors (Lipinski definition) is 2. The zero-order valence-electron chi connectivity index (χ0n) is 22.6. The third-order valence-corrected chi connectivity index (χ3v) is 6.81. The number of carbonyl (C=O) groups excluding carboxylic acids is 2. The van der Waals surface area contributed by atoms with Crippen LogP contribution in [0.25, 0.3) is 0 Å². The average Bonchev–Trinajstić information content (AvgIpc) is 2.92. The molecule has 0 fully saturated rings. The molecule has 39 heavy (non-hydrogen) atoms. The predicted octanol–water partition coefficient (Wildman–Crippen LogP) is 6.07. The fourth-order valence-electron chi connectivity index (χ4n) is 3.98. The number of amides is 1. The molecule has 6 nitrogen and oxygen atoms in total. The standard InChI is InChI=1S/C31H36Cl2N2O4/c1-35(2)25-12-9-23(10-13-25)21-30(36)34-19-7-5-3-4-6-8-20-38-26-14-16-27(17-15-26)39-31(37)28-22-24(32)11-18-29(28)33/h9-18,22H,3-8,19-21H2,1-2H3,(H,34,36)/p+1. The number of hydrogen-bond acceptors (Lipinski definition) is 4. The summed E-state index contributed by atoms with van der Waals surface area (Å²) in [5, 5.41) is 3.72. The van der Waals surface area contributed by atoms with Crippen molar-refractivity contribution in [3.05, 3.63) is 87.9 Å². The monoisotopic (exact) mass is 571 g/mol. The molecule has 0 atom stereocenters.